The molecule has 3 heterocycles. The molecule has 1 aromatic heterocycles. The quantitative estimate of drug-likeness (QED) is 0.741. The first-order chi connectivity index (χ1) is 14.0. The van der Waals surface area contributed by atoms with Crippen molar-refractivity contribution in [2.45, 2.75) is 31.1 Å². The molecule has 2 aliphatic heterocycles. The molecule has 0 atom stereocenters. The van der Waals surface area contributed by atoms with Crippen LogP contribution in [0.2, 0.25) is 0 Å². The molecule has 0 unspecified atom stereocenters. The monoisotopic (exact) mass is 420 g/mol. The molecule has 10 heteroatoms. The number of nitrogens with zero attached hydrogens (tertiary/aromatic N) is 4. The molecule has 2 aromatic rings. The van der Waals surface area contributed by atoms with Gasteiger partial charge in [-0.2, -0.15) is 9.29 Å². The predicted octanol–water partition coefficient (Wildman–Crippen LogP) is 1.69. The number of benzene rings is 1. The van der Waals surface area contributed by atoms with Gasteiger partial charge in [0.05, 0.1) is 18.1 Å². The highest BCUT2D eigenvalue weighted by molar-refractivity contribution is 7.89. The Morgan fingerprint density at radius 3 is 2.52 bits per heavy atom. The van der Waals surface area contributed by atoms with Crippen LogP contribution in [0.5, 0.6) is 0 Å². The second-order valence-electron chi connectivity index (χ2n) is 7.27. The number of carbonyl (C=O) groups excluding carboxylic acids is 1. The van der Waals surface area contributed by atoms with E-state index in [0.29, 0.717) is 50.5 Å². The normalized spacial score (nSPS) is 18.7. The zero-order valence-corrected chi connectivity index (χ0v) is 17.2. The number of sulfonamides is 1. The minimum Gasteiger partial charge on any atom is -0.378 e. The van der Waals surface area contributed by atoms with E-state index in [1.165, 1.54) is 4.31 Å². The molecule has 9 nitrogen and oxygen atoms in total. The van der Waals surface area contributed by atoms with E-state index >= 15 is 0 Å². The van der Waals surface area contributed by atoms with Crippen LogP contribution in [0.3, 0.4) is 0 Å². The van der Waals surface area contributed by atoms with Gasteiger partial charge in [-0.05, 0) is 31.4 Å². The van der Waals surface area contributed by atoms with Crippen LogP contribution in [0.15, 0.2) is 27.6 Å². The van der Waals surface area contributed by atoms with Crippen LogP contribution in [0.25, 0.3) is 11.4 Å². The Bertz CT molecular complexity index is 992. The highest BCUT2D eigenvalue weighted by Crippen LogP contribution is 2.27. The Morgan fingerprint density at radius 1 is 1.07 bits per heavy atom. The number of amides is 1. The molecule has 29 heavy (non-hydrogen) atoms. The lowest BCUT2D eigenvalue weighted by atomic mass is 10.1. The minimum absolute atomic E-state index is 0.108. The standard InChI is InChI=1S/C19H24N4O5S/c1-14-5-6-15(13-16(14)29(25,26)23-7-3-2-4-8-23)17-20-18(28-21-17)19(24)22-9-11-27-12-10-22/h5-6,13H,2-4,7-12H2,1H3. The maximum absolute atomic E-state index is 13.1. The highest BCUT2D eigenvalue weighted by Gasteiger charge is 2.29. The van der Waals surface area contributed by atoms with E-state index in [-0.39, 0.29) is 22.5 Å². The van der Waals surface area contributed by atoms with Crippen molar-refractivity contribution in [3.8, 4) is 11.4 Å². The third-order valence-corrected chi connectivity index (χ3v) is 7.33. The number of hydrogen-bond donors (Lipinski definition) is 0. The van der Waals surface area contributed by atoms with E-state index < -0.39 is 10.0 Å². The number of aromatic nitrogens is 2. The van der Waals surface area contributed by atoms with Crippen LogP contribution in [0.1, 0.15) is 35.5 Å². The molecule has 0 saturated carbocycles. The number of morpholine rings is 1. The highest BCUT2D eigenvalue weighted by atomic mass is 32.2. The Kier molecular flexibility index (Phi) is 5.66. The molecule has 0 aliphatic carbocycles. The van der Waals surface area contributed by atoms with Gasteiger partial charge in [-0.25, -0.2) is 8.42 Å². The summed E-state index contributed by atoms with van der Waals surface area (Å²) in [4.78, 5) is 18.5. The Labute approximate surface area is 169 Å². The smallest absolute Gasteiger partial charge is 0.316 e. The summed E-state index contributed by atoms with van der Waals surface area (Å²) in [5.74, 6) is -0.264. The van der Waals surface area contributed by atoms with Gasteiger partial charge >= 0.3 is 11.8 Å². The summed E-state index contributed by atoms with van der Waals surface area (Å²) in [6.07, 6.45) is 2.79. The van der Waals surface area contributed by atoms with E-state index in [4.69, 9.17) is 9.26 Å². The molecule has 1 aromatic carbocycles. The number of rotatable bonds is 4. The first-order valence-corrected chi connectivity index (χ1v) is 11.2. The third kappa shape index (κ3) is 4.05. The lowest BCUT2D eigenvalue weighted by Gasteiger charge is -2.26. The Morgan fingerprint density at radius 2 is 1.79 bits per heavy atom. The van der Waals surface area contributed by atoms with E-state index in [2.05, 4.69) is 10.1 Å². The fraction of sp³-hybridized carbons (Fsp3) is 0.526. The summed E-state index contributed by atoms with van der Waals surface area (Å²) in [7, 11) is -3.59. The van der Waals surface area contributed by atoms with E-state index in [1.807, 2.05) is 0 Å². The molecule has 0 spiro atoms. The molecule has 0 radical (unpaired) electrons. The van der Waals surface area contributed by atoms with E-state index in [1.54, 1.807) is 30.0 Å². The lowest BCUT2D eigenvalue weighted by molar-refractivity contribution is 0.0272. The van der Waals surface area contributed by atoms with Gasteiger partial charge in [0.25, 0.3) is 0 Å². The number of carbonyl (C=O) groups is 1. The number of piperidine rings is 1. The van der Waals surface area contributed by atoms with Crippen LogP contribution in [0.4, 0.5) is 0 Å². The fourth-order valence-electron chi connectivity index (χ4n) is 3.59. The zero-order chi connectivity index (χ0) is 20.4. The molecular formula is C19H24N4O5S. The van der Waals surface area contributed by atoms with Crippen LogP contribution < -0.4 is 0 Å². The van der Waals surface area contributed by atoms with E-state index in [0.717, 1.165) is 19.3 Å². The number of hydrogen-bond acceptors (Lipinski definition) is 7. The summed E-state index contributed by atoms with van der Waals surface area (Å²) in [5, 5.41) is 3.89. The molecule has 156 valence electrons. The average molecular weight is 420 g/mol. The van der Waals surface area contributed by atoms with Gasteiger partial charge in [0.1, 0.15) is 0 Å². The zero-order valence-electron chi connectivity index (χ0n) is 16.3. The Hall–Kier alpha value is -2.30. The molecule has 0 bridgehead atoms. The lowest BCUT2D eigenvalue weighted by Crippen LogP contribution is -2.40. The number of aryl methyl sites for hydroxylation is 1. The molecular weight excluding hydrogens is 396 g/mol. The predicted molar refractivity (Wildman–Crippen MR) is 104 cm³/mol. The van der Waals surface area contributed by atoms with Crippen molar-refractivity contribution in [2.24, 2.45) is 0 Å². The van der Waals surface area contributed by atoms with Crippen LogP contribution >= 0.6 is 0 Å². The fourth-order valence-corrected chi connectivity index (χ4v) is 5.36. The second kappa shape index (κ2) is 8.21. The SMILES string of the molecule is Cc1ccc(-c2noc(C(=O)N3CCOCC3)n2)cc1S(=O)(=O)N1CCCCC1. The summed E-state index contributed by atoms with van der Waals surface area (Å²) in [5.41, 5.74) is 1.16. The largest absolute Gasteiger partial charge is 0.378 e. The van der Waals surface area contributed by atoms with Crippen molar-refractivity contribution in [1.29, 1.82) is 0 Å². The Balaban J connectivity index is 1.61. The number of ether oxygens (including phenoxy) is 1. The second-order valence-corrected chi connectivity index (χ2v) is 9.18. The van der Waals surface area contributed by atoms with Crippen molar-refractivity contribution in [1.82, 2.24) is 19.3 Å². The summed E-state index contributed by atoms with van der Waals surface area (Å²) >= 11 is 0. The molecule has 2 aliphatic rings. The van der Waals surface area contributed by atoms with Gasteiger partial charge < -0.3 is 14.2 Å². The molecule has 2 saturated heterocycles. The summed E-state index contributed by atoms with van der Waals surface area (Å²) in [6, 6.07) is 5.03. The topological polar surface area (TPSA) is 106 Å². The summed E-state index contributed by atoms with van der Waals surface area (Å²) < 4.78 is 38.1. The van der Waals surface area contributed by atoms with Gasteiger partial charge in [-0.1, -0.05) is 23.7 Å². The third-order valence-electron chi connectivity index (χ3n) is 5.29. The first kappa shape index (κ1) is 20.0. The first-order valence-electron chi connectivity index (χ1n) is 9.79. The molecule has 2 fully saturated rings. The van der Waals surface area contributed by atoms with Crippen molar-refractivity contribution < 1.29 is 22.5 Å². The van der Waals surface area contributed by atoms with Gasteiger partial charge in [0, 0.05) is 31.7 Å². The molecule has 1 amide bonds. The van der Waals surface area contributed by atoms with Crippen LogP contribution in [-0.2, 0) is 14.8 Å². The van der Waals surface area contributed by atoms with Gasteiger partial charge in [-0.15, -0.1) is 0 Å². The van der Waals surface area contributed by atoms with Crippen LogP contribution in [0, 0.1) is 6.92 Å². The van der Waals surface area contributed by atoms with Gasteiger partial charge in [-0.3, -0.25) is 4.79 Å². The molecule has 4 rings (SSSR count). The average Bonchev–Trinajstić information content (AvgIpc) is 3.25. The van der Waals surface area contributed by atoms with Crippen molar-refractivity contribution in [3.05, 3.63) is 29.7 Å². The molecule has 0 N–H and O–H groups in total. The van der Waals surface area contributed by atoms with Gasteiger partial charge in [0.15, 0.2) is 0 Å². The van der Waals surface area contributed by atoms with Crippen LogP contribution in [-0.4, -0.2) is 73.1 Å². The maximum atomic E-state index is 13.1. The van der Waals surface area contributed by atoms with Crippen molar-refractivity contribution in [2.75, 3.05) is 39.4 Å². The van der Waals surface area contributed by atoms with Gasteiger partial charge in [0.2, 0.25) is 15.8 Å². The summed E-state index contributed by atoms with van der Waals surface area (Å²) in [6.45, 7) is 4.73. The van der Waals surface area contributed by atoms with Crippen molar-refractivity contribution >= 4 is 15.9 Å². The van der Waals surface area contributed by atoms with E-state index in [9.17, 15) is 13.2 Å². The maximum Gasteiger partial charge on any atom is 0.316 e. The minimum atomic E-state index is -3.59. The van der Waals surface area contributed by atoms with Crippen molar-refractivity contribution in [3.63, 3.8) is 0 Å².